The number of hydrogen-bond donors (Lipinski definition) is 6. The first-order valence-electron chi connectivity index (χ1n) is 16.1. The normalized spacial score (nSPS) is 13.0. The van der Waals surface area contributed by atoms with E-state index in [2.05, 4.69) is 26.6 Å². The molecule has 4 rings (SSSR count). The first kappa shape index (κ1) is 37.3. The van der Waals surface area contributed by atoms with E-state index in [1.54, 1.807) is 72.8 Å². The number of nitrogens with zero attached hydrogens (tertiary/aromatic N) is 1. The van der Waals surface area contributed by atoms with Crippen molar-refractivity contribution < 1.29 is 28.9 Å². The zero-order valence-electron chi connectivity index (χ0n) is 28.0. The Morgan fingerprint density at radius 3 is 1.63 bits per heavy atom. The predicted octanol–water partition coefficient (Wildman–Crippen LogP) is 2.89. The minimum Gasteiger partial charge on any atom is -0.398 e. The van der Waals surface area contributed by atoms with Crippen molar-refractivity contribution in [3.8, 4) is 0 Å². The maximum Gasteiger partial charge on any atom is 0.269 e. The van der Waals surface area contributed by atoms with Crippen molar-refractivity contribution in [2.24, 2.45) is 0 Å². The van der Waals surface area contributed by atoms with Crippen LogP contribution in [0.25, 0.3) is 0 Å². The van der Waals surface area contributed by atoms with Crippen LogP contribution < -0.4 is 32.3 Å². The third-order valence-electron chi connectivity index (χ3n) is 7.88. The van der Waals surface area contributed by atoms with E-state index in [4.69, 9.17) is 5.73 Å². The lowest BCUT2D eigenvalue weighted by atomic mass is 10.0. The summed E-state index contributed by atoms with van der Waals surface area (Å²) in [6, 6.07) is 25.2. The number of nitrogen functional groups attached to an aromatic ring is 1. The van der Waals surface area contributed by atoms with E-state index < -0.39 is 58.6 Å². The minimum absolute atomic E-state index is 0.0616. The smallest absolute Gasteiger partial charge is 0.269 e. The van der Waals surface area contributed by atoms with Crippen LogP contribution in [0.4, 0.5) is 17.1 Å². The molecule has 51 heavy (non-hydrogen) atoms. The lowest BCUT2D eigenvalue weighted by molar-refractivity contribution is -0.384. The van der Waals surface area contributed by atoms with E-state index >= 15 is 0 Å². The van der Waals surface area contributed by atoms with Crippen LogP contribution in [-0.2, 0) is 32.0 Å². The van der Waals surface area contributed by atoms with Gasteiger partial charge in [0.05, 0.1) is 10.5 Å². The molecule has 4 atom stereocenters. The molecule has 0 saturated carbocycles. The van der Waals surface area contributed by atoms with Gasteiger partial charge in [-0.2, -0.15) is 0 Å². The van der Waals surface area contributed by atoms with E-state index in [0.717, 1.165) is 11.1 Å². The largest absolute Gasteiger partial charge is 0.398 e. The summed E-state index contributed by atoms with van der Waals surface area (Å²) in [5.41, 5.74) is 7.91. The number of nitrogens with two attached hydrogens (primary N) is 1. The molecule has 0 aliphatic heterocycles. The van der Waals surface area contributed by atoms with Gasteiger partial charge in [-0.1, -0.05) is 72.8 Å². The van der Waals surface area contributed by atoms with Crippen LogP contribution in [0, 0.1) is 10.1 Å². The molecule has 7 N–H and O–H groups in total. The van der Waals surface area contributed by atoms with Gasteiger partial charge in [-0.3, -0.25) is 34.1 Å². The maximum atomic E-state index is 13.9. The van der Waals surface area contributed by atoms with Crippen LogP contribution in [0.1, 0.15) is 35.3 Å². The monoisotopic (exact) mass is 693 g/mol. The molecule has 14 heteroatoms. The molecule has 4 aromatic rings. The quantitative estimate of drug-likeness (QED) is 0.0617. The third-order valence-corrected chi connectivity index (χ3v) is 7.88. The second-order valence-electron chi connectivity index (χ2n) is 11.8. The standard InChI is InChI=1S/C37H39N7O7/c1-23(40-35(47)29-15-9-10-16-30(29)38)33(45)39-24(2)34(46)42-32(22-26-13-7-4-8-14-26)37(49)43-31(21-25-11-5-3-6-12-25)36(48)41-27-17-19-28(20-18-27)44(50)51/h3-20,23-24,31-32H,21-22,38H2,1-2H3,(H,39,45)(H,40,47)(H,41,48)(H,42,46)(H,43,49)/t23-,24-,31-,32-/m0/s1. The number of benzene rings is 4. The van der Waals surface area contributed by atoms with E-state index in [1.807, 2.05) is 6.07 Å². The lowest BCUT2D eigenvalue weighted by Crippen LogP contribution is -2.57. The number of non-ortho nitro benzene ring substituents is 1. The van der Waals surface area contributed by atoms with Crippen molar-refractivity contribution in [3.63, 3.8) is 0 Å². The number of para-hydroxylation sites is 1. The van der Waals surface area contributed by atoms with Crippen LogP contribution in [0.2, 0.25) is 0 Å². The molecule has 0 bridgehead atoms. The molecule has 0 heterocycles. The Kier molecular flexibility index (Phi) is 12.9. The van der Waals surface area contributed by atoms with Crippen molar-refractivity contribution in [1.29, 1.82) is 0 Å². The number of rotatable bonds is 15. The fourth-order valence-corrected chi connectivity index (χ4v) is 5.03. The molecular weight excluding hydrogens is 654 g/mol. The summed E-state index contributed by atoms with van der Waals surface area (Å²) >= 11 is 0. The number of amides is 5. The van der Waals surface area contributed by atoms with Gasteiger partial charge in [-0.05, 0) is 49.2 Å². The van der Waals surface area contributed by atoms with Crippen molar-refractivity contribution in [2.75, 3.05) is 11.1 Å². The molecule has 14 nitrogen and oxygen atoms in total. The number of hydrogen-bond acceptors (Lipinski definition) is 8. The van der Waals surface area contributed by atoms with Crippen LogP contribution >= 0.6 is 0 Å². The molecule has 0 unspecified atom stereocenters. The topological polar surface area (TPSA) is 215 Å². The summed E-state index contributed by atoms with van der Waals surface area (Å²) in [6.07, 6.45) is 0.161. The number of carbonyl (C=O) groups is 5. The number of carbonyl (C=O) groups excluding carboxylic acids is 5. The van der Waals surface area contributed by atoms with Crippen molar-refractivity contribution in [3.05, 3.63) is 136 Å². The fourth-order valence-electron chi connectivity index (χ4n) is 5.03. The number of nitro groups is 1. The molecule has 264 valence electrons. The van der Waals surface area contributed by atoms with Crippen LogP contribution in [0.3, 0.4) is 0 Å². The summed E-state index contributed by atoms with van der Waals surface area (Å²) < 4.78 is 0. The molecule has 0 aromatic heterocycles. The summed E-state index contributed by atoms with van der Waals surface area (Å²) in [5, 5.41) is 24.3. The Bertz CT molecular complexity index is 1850. The molecule has 0 aliphatic carbocycles. The SMILES string of the molecule is C[C@H](NC(=O)c1ccccc1N)C(=O)N[C@@H](C)C(=O)N[C@@H](Cc1ccccc1)C(=O)N[C@@H](Cc1ccccc1)C(=O)Nc1ccc([N+](=O)[O-])cc1. The van der Waals surface area contributed by atoms with Crippen molar-refractivity contribution >= 4 is 46.6 Å². The van der Waals surface area contributed by atoms with Gasteiger partial charge in [0.15, 0.2) is 0 Å². The maximum absolute atomic E-state index is 13.9. The third kappa shape index (κ3) is 11.0. The van der Waals surface area contributed by atoms with Gasteiger partial charge < -0.3 is 32.3 Å². The number of anilines is 2. The van der Waals surface area contributed by atoms with E-state index in [0.29, 0.717) is 0 Å². The van der Waals surface area contributed by atoms with Gasteiger partial charge in [0, 0.05) is 36.3 Å². The molecule has 5 amide bonds. The molecule has 0 saturated heterocycles. The molecule has 0 spiro atoms. The van der Waals surface area contributed by atoms with Crippen LogP contribution in [-0.4, -0.2) is 58.6 Å². The van der Waals surface area contributed by atoms with Crippen molar-refractivity contribution in [2.45, 2.75) is 50.9 Å². The average Bonchev–Trinajstić information content (AvgIpc) is 3.12. The first-order chi connectivity index (χ1) is 24.4. The highest BCUT2D eigenvalue weighted by atomic mass is 16.6. The molecule has 4 aromatic carbocycles. The highest BCUT2D eigenvalue weighted by molar-refractivity contribution is 6.02. The minimum atomic E-state index is -1.16. The highest BCUT2D eigenvalue weighted by Gasteiger charge is 2.30. The summed E-state index contributed by atoms with van der Waals surface area (Å²) in [4.78, 5) is 76.8. The zero-order chi connectivity index (χ0) is 36.9. The van der Waals surface area contributed by atoms with E-state index in [1.165, 1.54) is 44.2 Å². The molecular formula is C37H39N7O7. The lowest BCUT2D eigenvalue weighted by Gasteiger charge is -2.25. The van der Waals surface area contributed by atoms with Crippen LogP contribution in [0.15, 0.2) is 109 Å². The summed E-state index contributed by atoms with van der Waals surface area (Å²) in [5.74, 6) is -3.13. The average molecular weight is 694 g/mol. The highest BCUT2D eigenvalue weighted by Crippen LogP contribution is 2.16. The molecule has 0 radical (unpaired) electrons. The zero-order valence-corrected chi connectivity index (χ0v) is 28.0. The first-order valence-corrected chi connectivity index (χ1v) is 16.1. The van der Waals surface area contributed by atoms with Crippen LogP contribution in [0.5, 0.6) is 0 Å². The summed E-state index contributed by atoms with van der Waals surface area (Å²) in [7, 11) is 0. The van der Waals surface area contributed by atoms with Crippen molar-refractivity contribution in [1.82, 2.24) is 21.3 Å². The van der Waals surface area contributed by atoms with Gasteiger partial charge in [-0.15, -0.1) is 0 Å². The van der Waals surface area contributed by atoms with E-state index in [9.17, 15) is 34.1 Å². The number of nitrogens with one attached hydrogen (secondary N) is 5. The van der Waals surface area contributed by atoms with Gasteiger partial charge in [-0.25, -0.2) is 0 Å². The Morgan fingerprint density at radius 1 is 0.608 bits per heavy atom. The Balaban J connectivity index is 1.47. The Labute approximate surface area is 294 Å². The Hall–Kier alpha value is -6.57. The second-order valence-corrected chi connectivity index (χ2v) is 11.8. The fraction of sp³-hybridized carbons (Fsp3) is 0.216. The second kappa shape index (κ2) is 17.7. The molecule has 0 aliphatic rings. The van der Waals surface area contributed by atoms with E-state index in [-0.39, 0.29) is 35.5 Å². The predicted molar refractivity (Wildman–Crippen MR) is 191 cm³/mol. The van der Waals surface area contributed by atoms with Gasteiger partial charge >= 0.3 is 0 Å². The Morgan fingerprint density at radius 2 is 1.08 bits per heavy atom. The van der Waals surface area contributed by atoms with Gasteiger partial charge in [0.1, 0.15) is 24.2 Å². The van der Waals surface area contributed by atoms with Gasteiger partial charge in [0.2, 0.25) is 23.6 Å². The number of nitro benzene ring substituents is 1. The molecule has 0 fully saturated rings. The summed E-state index contributed by atoms with van der Waals surface area (Å²) in [6.45, 7) is 2.89. The van der Waals surface area contributed by atoms with Gasteiger partial charge in [0.25, 0.3) is 11.6 Å².